The maximum absolute atomic E-state index is 14.4. The van der Waals surface area contributed by atoms with Crippen LogP contribution in [0.1, 0.15) is 18.6 Å². The molecule has 11 heteroatoms. The maximum atomic E-state index is 14.4. The molecule has 0 fully saturated rings. The Morgan fingerprint density at radius 2 is 0.871 bits per heavy atom. The summed E-state index contributed by atoms with van der Waals surface area (Å²) < 4.78 is 31.4. The van der Waals surface area contributed by atoms with E-state index >= 15 is 0 Å². The summed E-state index contributed by atoms with van der Waals surface area (Å²) in [5.41, 5.74) is 20.9. The smallest absolute Gasteiger partial charge is 0.171 e. The van der Waals surface area contributed by atoms with Gasteiger partial charge in [0.25, 0.3) is 0 Å². The van der Waals surface area contributed by atoms with Crippen LogP contribution in [0.5, 0.6) is 0 Å². The Bertz CT molecular complexity index is 4910. The number of hydrogen-bond acceptors (Lipinski definition) is 2. The van der Waals surface area contributed by atoms with Gasteiger partial charge in [0.2, 0.25) is 0 Å². The van der Waals surface area contributed by atoms with Crippen LogP contribution in [0.3, 0.4) is 0 Å². The fourth-order valence-corrected chi connectivity index (χ4v) is 12.3. The Balaban J connectivity index is 0.000000132. The number of para-hydroxylation sites is 3. The number of hydrogen-bond donors (Lipinski definition) is 0. The van der Waals surface area contributed by atoms with E-state index in [1.807, 2.05) is 60.7 Å². The second-order valence-electron chi connectivity index (χ2n) is 20.6. The first-order chi connectivity index (χ1) is 41.2. The Kier molecular flexibility index (Phi) is 16.6. The highest BCUT2D eigenvalue weighted by Gasteiger charge is 2.22. The molecule has 7 radical (unpaired) electrons. The van der Waals surface area contributed by atoms with Crippen molar-refractivity contribution in [2.24, 2.45) is 0 Å². The highest BCUT2D eigenvalue weighted by atomic mass is 79.9. The molecule has 3 aromatic heterocycles. The van der Waals surface area contributed by atoms with Crippen molar-refractivity contribution < 1.29 is 13.2 Å². The molecule has 0 saturated carbocycles. The molecule has 3 nitrogen and oxygen atoms in total. The molecule has 0 atom stereocenters. The average molecular weight is 1220 g/mol. The zero-order valence-electron chi connectivity index (χ0n) is 45.4. The normalized spacial score (nSPS) is 11.2. The SMILES string of the molecule is Brc1ccc2c(c1)-c1ccccc1C2.Brc1ccc2c(c1)c1ccccc1n2-c1ccc(-c2cccc(-c3ccccc3)c2)c2c1oc1ccccc12.C.Fc1ccc(-c2cccc(-c3ccccc3)c2)c2c1oc1ccccc12.[B][B]B([B])[B]. The van der Waals surface area contributed by atoms with Crippen molar-refractivity contribution in [3.05, 3.63) is 293 Å². The number of rotatable bonds is 6. The Morgan fingerprint density at radius 3 is 1.51 bits per heavy atom. The number of fused-ring (bicyclic) bond motifs is 12. The van der Waals surface area contributed by atoms with Gasteiger partial charge in [-0.25, -0.2) is 4.39 Å². The van der Waals surface area contributed by atoms with Gasteiger partial charge in [0.15, 0.2) is 17.0 Å². The molecular weight excluding hydrogens is 1170 g/mol. The van der Waals surface area contributed by atoms with Crippen molar-refractivity contribution in [1.82, 2.24) is 4.57 Å². The molecular formula is C74H50B5Br2FNO2. The topological polar surface area (TPSA) is 31.2 Å². The summed E-state index contributed by atoms with van der Waals surface area (Å²) >= 11 is 7.19. The van der Waals surface area contributed by atoms with Gasteiger partial charge in [-0.05, 0) is 146 Å². The van der Waals surface area contributed by atoms with Crippen molar-refractivity contribution >= 4 is 134 Å². The molecule has 399 valence electrons. The van der Waals surface area contributed by atoms with Crippen LogP contribution in [-0.4, -0.2) is 41.2 Å². The largest absolute Gasteiger partial charge is 0.454 e. The molecule has 12 aromatic carbocycles. The molecule has 0 bridgehead atoms. The van der Waals surface area contributed by atoms with Crippen molar-refractivity contribution in [3.8, 4) is 61.3 Å². The lowest BCUT2D eigenvalue weighted by Gasteiger charge is -2.12. The summed E-state index contributed by atoms with van der Waals surface area (Å²) in [6.07, 6.45) is 0.619. The molecule has 0 aliphatic heterocycles. The summed E-state index contributed by atoms with van der Waals surface area (Å²) in [6.45, 7) is 0. The van der Waals surface area contributed by atoms with Gasteiger partial charge in [-0.3, -0.25) is 0 Å². The molecule has 0 saturated heterocycles. The number of furan rings is 2. The van der Waals surface area contributed by atoms with Crippen LogP contribution in [-0.2, 0) is 6.42 Å². The maximum Gasteiger partial charge on any atom is 0.171 e. The van der Waals surface area contributed by atoms with Gasteiger partial charge in [-0.15, -0.1) is 0 Å². The molecule has 0 spiro atoms. The highest BCUT2D eigenvalue weighted by Crippen LogP contribution is 2.44. The van der Waals surface area contributed by atoms with Crippen LogP contribution in [0.25, 0.3) is 127 Å². The lowest BCUT2D eigenvalue weighted by Crippen LogP contribution is -2.23. The van der Waals surface area contributed by atoms with Gasteiger partial charge >= 0.3 is 0 Å². The minimum absolute atomic E-state index is 0. The number of nitrogens with zero attached hydrogens (tertiary/aromatic N) is 1. The van der Waals surface area contributed by atoms with E-state index in [9.17, 15) is 4.39 Å². The molecule has 3 heterocycles. The van der Waals surface area contributed by atoms with Crippen LogP contribution in [0, 0.1) is 5.82 Å². The molecule has 85 heavy (non-hydrogen) atoms. The first-order valence-corrected chi connectivity index (χ1v) is 29.3. The van der Waals surface area contributed by atoms with Crippen molar-refractivity contribution in [3.63, 3.8) is 0 Å². The van der Waals surface area contributed by atoms with E-state index in [4.69, 9.17) is 32.0 Å². The zero-order chi connectivity index (χ0) is 57.3. The van der Waals surface area contributed by atoms with E-state index < -0.39 is 6.39 Å². The molecule has 15 aromatic rings. The fourth-order valence-electron chi connectivity index (χ4n) is 11.6. The summed E-state index contributed by atoms with van der Waals surface area (Å²) in [5.74, 6) is -0.334. The average Bonchev–Trinajstić information content (AvgIpc) is 1.90. The number of halogens is 3. The molecule has 0 N–H and O–H groups in total. The lowest BCUT2D eigenvalue weighted by atomic mass is 8.97. The highest BCUT2D eigenvalue weighted by molar-refractivity contribution is 9.10. The van der Waals surface area contributed by atoms with Gasteiger partial charge in [0.05, 0.1) is 16.7 Å². The van der Waals surface area contributed by atoms with Gasteiger partial charge in [-0.1, -0.05) is 233 Å². The van der Waals surface area contributed by atoms with Crippen LogP contribution in [0.2, 0.25) is 0 Å². The standard InChI is InChI=1S/C36H22BrNO.C24H15FO.C13H9Br.CH4.B5/c37-26-17-19-32-30(22-26)28-13-4-6-15-31(28)38(32)33-20-18-27(35-29-14-5-7-16-34(29)39-36(33)35)25-12-8-11-24(21-25)23-9-2-1-3-10-23;25-21-14-13-19(23-20-11-4-5-12-22(20)26-24(21)23)18-10-6-9-17(15-18)16-7-2-1-3-8-16;14-11-6-5-10-7-9-3-1-2-4-12(9)13(10)8-11;;1-4-5(2)3/h1-22H;1-15H;1-6,8H,7H2;1H4;. The minimum atomic E-state index is -0.463. The van der Waals surface area contributed by atoms with Gasteiger partial charge < -0.3 is 13.4 Å². The quantitative estimate of drug-likeness (QED) is 0.155. The third kappa shape index (κ3) is 11.3. The zero-order valence-corrected chi connectivity index (χ0v) is 48.6. The van der Waals surface area contributed by atoms with Crippen LogP contribution >= 0.6 is 31.9 Å². The second-order valence-corrected chi connectivity index (χ2v) is 22.5. The van der Waals surface area contributed by atoms with E-state index in [2.05, 4.69) is 237 Å². The lowest BCUT2D eigenvalue weighted by molar-refractivity contribution is 0.584. The van der Waals surface area contributed by atoms with Crippen LogP contribution in [0.4, 0.5) is 4.39 Å². The van der Waals surface area contributed by atoms with Crippen LogP contribution in [0.15, 0.2) is 285 Å². The predicted octanol–water partition coefficient (Wildman–Crippen LogP) is 20.6. The Morgan fingerprint density at radius 1 is 0.400 bits per heavy atom. The third-order valence-electron chi connectivity index (χ3n) is 15.4. The van der Waals surface area contributed by atoms with E-state index in [0.717, 1.165) is 87.1 Å². The van der Waals surface area contributed by atoms with E-state index in [0.29, 0.717) is 11.2 Å². The van der Waals surface area contributed by atoms with Crippen molar-refractivity contribution in [2.45, 2.75) is 13.8 Å². The summed E-state index contributed by atoms with van der Waals surface area (Å²) in [5, 5.41) is 6.45. The Labute approximate surface area is 516 Å². The molecule has 0 amide bonds. The summed E-state index contributed by atoms with van der Waals surface area (Å²) in [6, 6.07) is 92.0. The van der Waals surface area contributed by atoms with E-state index in [-0.39, 0.29) is 13.2 Å². The van der Waals surface area contributed by atoms with Crippen molar-refractivity contribution in [2.75, 3.05) is 0 Å². The van der Waals surface area contributed by atoms with E-state index in [1.54, 1.807) is 0 Å². The molecule has 0 unspecified atom stereocenters. The summed E-state index contributed by atoms with van der Waals surface area (Å²) in [7, 11) is 15.8. The van der Waals surface area contributed by atoms with Gasteiger partial charge in [0.1, 0.15) is 11.2 Å². The summed E-state index contributed by atoms with van der Waals surface area (Å²) in [4.78, 5) is 0. The molecule has 1 aliphatic rings. The minimum Gasteiger partial charge on any atom is -0.454 e. The Hall–Kier alpha value is -8.75. The fraction of sp³-hybridized carbons (Fsp3) is 0.0270. The number of benzene rings is 12. The van der Waals surface area contributed by atoms with Crippen molar-refractivity contribution in [1.29, 1.82) is 0 Å². The predicted molar refractivity (Wildman–Crippen MR) is 369 cm³/mol. The second kappa shape index (κ2) is 24.8. The van der Waals surface area contributed by atoms with Gasteiger partial charge in [-0.2, -0.15) is 0 Å². The molecule has 1 aliphatic carbocycles. The first-order valence-electron chi connectivity index (χ1n) is 27.7. The third-order valence-corrected chi connectivity index (χ3v) is 16.4. The number of aromatic nitrogens is 1. The monoisotopic (exact) mass is 1220 g/mol. The van der Waals surface area contributed by atoms with Crippen LogP contribution < -0.4 is 0 Å². The van der Waals surface area contributed by atoms with Gasteiger partial charge in [0, 0.05) is 77.9 Å². The van der Waals surface area contributed by atoms with E-state index in [1.165, 1.54) is 68.4 Å². The molecule has 16 rings (SSSR count). The first kappa shape index (κ1) is 56.7.